The van der Waals surface area contributed by atoms with Crippen molar-refractivity contribution in [1.82, 2.24) is 5.32 Å². The van der Waals surface area contributed by atoms with Crippen LogP contribution in [0.5, 0.6) is 0 Å². The normalized spacial score (nSPS) is 16.4. The molecule has 1 N–H and O–H groups in total. The molecule has 0 saturated carbocycles. The lowest BCUT2D eigenvalue weighted by Crippen LogP contribution is -2.43. The fourth-order valence-electron chi connectivity index (χ4n) is 1.66. The van der Waals surface area contributed by atoms with Crippen LogP contribution in [-0.2, 0) is 12.6 Å². The van der Waals surface area contributed by atoms with Gasteiger partial charge in [0.15, 0.2) is 0 Å². The van der Waals surface area contributed by atoms with Crippen molar-refractivity contribution in [3.63, 3.8) is 0 Å². The maximum Gasteiger partial charge on any atom is 0.416 e. The Morgan fingerprint density at radius 2 is 1.69 bits per heavy atom. The molecule has 1 saturated heterocycles. The maximum absolute atomic E-state index is 12.2. The summed E-state index contributed by atoms with van der Waals surface area (Å²) in [5, 5.41) is 3.14. The van der Waals surface area contributed by atoms with Crippen molar-refractivity contribution in [3.05, 3.63) is 35.4 Å². The molecule has 0 unspecified atom stereocenters. The van der Waals surface area contributed by atoms with E-state index < -0.39 is 11.7 Å². The van der Waals surface area contributed by atoms with Crippen LogP contribution in [0.4, 0.5) is 13.2 Å². The van der Waals surface area contributed by atoms with E-state index in [0.717, 1.165) is 37.2 Å². The molecular formula is C11H13ClF3N. The smallest absolute Gasteiger partial charge is 0.316 e. The summed E-state index contributed by atoms with van der Waals surface area (Å²) in [4.78, 5) is 0. The van der Waals surface area contributed by atoms with Gasteiger partial charge in [-0.25, -0.2) is 0 Å². The third-order valence-electron chi connectivity index (χ3n) is 2.67. The molecule has 1 aromatic carbocycles. The number of hydrogen-bond donors (Lipinski definition) is 1. The molecule has 0 aromatic heterocycles. The quantitative estimate of drug-likeness (QED) is 0.852. The van der Waals surface area contributed by atoms with E-state index >= 15 is 0 Å². The van der Waals surface area contributed by atoms with Crippen molar-refractivity contribution in [2.75, 3.05) is 13.1 Å². The van der Waals surface area contributed by atoms with Crippen molar-refractivity contribution < 1.29 is 13.2 Å². The SMILES string of the molecule is Cl.FC(F)(F)c1ccc(CC2CNC2)cc1. The molecule has 0 amide bonds. The van der Waals surface area contributed by atoms with Gasteiger partial charge in [0.1, 0.15) is 0 Å². The van der Waals surface area contributed by atoms with E-state index in [4.69, 9.17) is 0 Å². The summed E-state index contributed by atoms with van der Waals surface area (Å²) in [5.74, 6) is 0.585. The second kappa shape index (κ2) is 5.06. The van der Waals surface area contributed by atoms with Gasteiger partial charge in [0.25, 0.3) is 0 Å². The van der Waals surface area contributed by atoms with E-state index in [9.17, 15) is 13.2 Å². The minimum atomic E-state index is -4.23. The Morgan fingerprint density at radius 3 is 2.06 bits per heavy atom. The maximum atomic E-state index is 12.2. The van der Waals surface area contributed by atoms with E-state index in [1.165, 1.54) is 0 Å². The average molecular weight is 252 g/mol. The van der Waals surface area contributed by atoms with Gasteiger partial charge in [-0.15, -0.1) is 12.4 Å². The highest BCUT2D eigenvalue weighted by molar-refractivity contribution is 5.85. The molecule has 90 valence electrons. The first-order valence-corrected chi connectivity index (χ1v) is 4.92. The molecule has 16 heavy (non-hydrogen) atoms. The number of benzene rings is 1. The van der Waals surface area contributed by atoms with Crippen LogP contribution in [0.25, 0.3) is 0 Å². The number of rotatable bonds is 2. The van der Waals surface area contributed by atoms with Crippen molar-refractivity contribution in [1.29, 1.82) is 0 Å². The van der Waals surface area contributed by atoms with E-state index in [1.54, 1.807) is 12.1 Å². The van der Waals surface area contributed by atoms with Crippen molar-refractivity contribution in [2.45, 2.75) is 12.6 Å². The highest BCUT2D eigenvalue weighted by Gasteiger charge is 2.30. The number of halogens is 4. The first-order chi connectivity index (χ1) is 7.05. The van der Waals surface area contributed by atoms with Gasteiger partial charge in [-0.05, 0) is 43.1 Å². The van der Waals surface area contributed by atoms with E-state index in [-0.39, 0.29) is 12.4 Å². The summed E-state index contributed by atoms with van der Waals surface area (Å²) < 4.78 is 36.7. The molecule has 1 aliphatic heterocycles. The number of hydrogen-bond acceptors (Lipinski definition) is 1. The molecule has 1 aromatic rings. The van der Waals surface area contributed by atoms with Gasteiger partial charge in [-0.2, -0.15) is 13.2 Å². The van der Waals surface area contributed by atoms with Gasteiger partial charge < -0.3 is 5.32 Å². The van der Waals surface area contributed by atoms with Crippen LogP contribution in [0.3, 0.4) is 0 Å². The summed E-state index contributed by atoms with van der Waals surface area (Å²) >= 11 is 0. The van der Waals surface area contributed by atoms with Crippen LogP contribution in [0.1, 0.15) is 11.1 Å². The predicted octanol–water partition coefficient (Wildman–Crippen LogP) is 2.89. The molecule has 0 atom stereocenters. The molecular weight excluding hydrogens is 239 g/mol. The molecule has 2 rings (SSSR count). The van der Waals surface area contributed by atoms with Gasteiger partial charge in [0, 0.05) is 0 Å². The van der Waals surface area contributed by atoms with Crippen LogP contribution in [0.15, 0.2) is 24.3 Å². The summed E-state index contributed by atoms with van der Waals surface area (Å²) in [6, 6.07) is 5.45. The molecule has 1 fully saturated rings. The molecule has 5 heteroatoms. The van der Waals surface area contributed by atoms with Crippen LogP contribution >= 0.6 is 12.4 Å². The highest BCUT2D eigenvalue weighted by atomic mass is 35.5. The molecule has 1 nitrogen and oxygen atoms in total. The first-order valence-electron chi connectivity index (χ1n) is 4.92. The Morgan fingerprint density at radius 1 is 1.12 bits per heavy atom. The molecule has 1 heterocycles. The van der Waals surface area contributed by atoms with Crippen molar-refractivity contribution >= 4 is 12.4 Å². The zero-order valence-corrected chi connectivity index (χ0v) is 9.37. The van der Waals surface area contributed by atoms with Crippen LogP contribution in [0, 0.1) is 5.92 Å². The zero-order valence-electron chi connectivity index (χ0n) is 8.55. The van der Waals surface area contributed by atoms with Gasteiger partial charge >= 0.3 is 6.18 Å². The summed E-state index contributed by atoms with van der Waals surface area (Å²) in [7, 11) is 0. The zero-order chi connectivity index (χ0) is 10.9. The van der Waals surface area contributed by atoms with Crippen molar-refractivity contribution in [2.24, 2.45) is 5.92 Å². The molecule has 1 aliphatic rings. The highest BCUT2D eigenvalue weighted by Crippen LogP contribution is 2.29. The van der Waals surface area contributed by atoms with Gasteiger partial charge in [0.05, 0.1) is 5.56 Å². The third-order valence-corrected chi connectivity index (χ3v) is 2.67. The topological polar surface area (TPSA) is 12.0 Å². The van der Waals surface area contributed by atoms with Gasteiger partial charge in [0.2, 0.25) is 0 Å². The lowest BCUT2D eigenvalue weighted by atomic mass is 9.94. The monoisotopic (exact) mass is 251 g/mol. The first kappa shape index (κ1) is 13.3. The lowest BCUT2D eigenvalue weighted by molar-refractivity contribution is -0.137. The van der Waals surface area contributed by atoms with Crippen LogP contribution < -0.4 is 5.32 Å². The molecule has 0 aliphatic carbocycles. The fraction of sp³-hybridized carbons (Fsp3) is 0.455. The summed E-state index contributed by atoms with van der Waals surface area (Å²) in [6.45, 7) is 1.95. The molecule has 0 radical (unpaired) electrons. The Bertz CT molecular complexity index is 330. The van der Waals surface area contributed by atoms with Gasteiger partial charge in [-0.3, -0.25) is 0 Å². The number of nitrogens with one attached hydrogen (secondary N) is 1. The van der Waals surface area contributed by atoms with Crippen LogP contribution in [0.2, 0.25) is 0 Å². The van der Waals surface area contributed by atoms with E-state index in [2.05, 4.69) is 5.32 Å². The minimum absolute atomic E-state index is 0. The molecule has 0 bridgehead atoms. The second-order valence-electron chi connectivity index (χ2n) is 3.92. The van der Waals surface area contributed by atoms with E-state index in [0.29, 0.717) is 5.92 Å². The standard InChI is InChI=1S/C11H12F3N.ClH/c12-11(13,14)10-3-1-8(2-4-10)5-9-6-15-7-9;/h1-4,9,15H,5-7H2;1H. The van der Waals surface area contributed by atoms with E-state index in [1.807, 2.05) is 0 Å². The van der Waals surface area contributed by atoms with Gasteiger partial charge in [-0.1, -0.05) is 12.1 Å². The largest absolute Gasteiger partial charge is 0.416 e. The minimum Gasteiger partial charge on any atom is -0.316 e. The molecule has 0 spiro atoms. The fourth-order valence-corrected chi connectivity index (χ4v) is 1.66. The Hall–Kier alpha value is -0.740. The average Bonchev–Trinajstić information content (AvgIpc) is 2.11. The summed E-state index contributed by atoms with van der Waals surface area (Å²) in [6.07, 6.45) is -3.36. The Balaban J connectivity index is 0.00000128. The van der Waals surface area contributed by atoms with Crippen molar-refractivity contribution in [3.8, 4) is 0 Å². The van der Waals surface area contributed by atoms with Crippen LogP contribution in [-0.4, -0.2) is 13.1 Å². The number of alkyl halides is 3. The third kappa shape index (κ3) is 3.12. The summed E-state index contributed by atoms with van der Waals surface area (Å²) in [5.41, 5.74) is 0.410. The lowest BCUT2D eigenvalue weighted by Gasteiger charge is -2.27. The second-order valence-corrected chi connectivity index (χ2v) is 3.92. The Kier molecular flexibility index (Phi) is 4.21. The predicted molar refractivity (Wildman–Crippen MR) is 58.8 cm³/mol. The Labute approximate surface area is 98.4 Å².